The van der Waals surface area contributed by atoms with Crippen LogP contribution in [-0.2, 0) is 0 Å². The number of phenolic OH excluding ortho intramolecular Hbond substituents is 1. The number of carbonyl (C=O) groups is 1. The Morgan fingerprint density at radius 3 is 2.67 bits per heavy atom. The first-order chi connectivity index (χ1) is 9.88. The summed E-state index contributed by atoms with van der Waals surface area (Å²) in [7, 11) is 0. The number of benzene rings is 1. The fraction of sp³-hybridized carbons (Fsp3) is 0.143. The third-order valence-corrected chi connectivity index (χ3v) is 4.85. The van der Waals surface area contributed by atoms with Crippen molar-refractivity contribution < 1.29 is 14.3 Å². The SMILES string of the molecule is Cc1cc(Br)cc(C=NCC(=O)c2cc(Br)c(Br)o2)c1O. The van der Waals surface area contributed by atoms with Gasteiger partial charge in [0.15, 0.2) is 10.4 Å². The Morgan fingerprint density at radius 1 is 1.33 bits per heavy atom. The van der Waals surface area contributed by atoms with Gasteiger partial charge in [0.25, 0.3) is 0 Å². The minimum atomic E-state index is -0.246. The molecule has 1 aromatic heterocycles. The van der Waals surface area contributed by atoms with Crippen molar-refractivity contribution in [2.24, 2.45) is 4.99 Å². The lowest BCUT2D eigenvalue weighted by atomic mass is 10.1. The zero-order chi connectivity index (χ0) is 15.6. The fourth-order valence-corrected chi connectivity index (χ4v) is 2.82. The highest BCUT2D eigenvalue weighted by Gasteiger charge is 2.13. The van der Waals surface area contributed by atoms with Crippen molar-refractivity contribution in [3.05, 3.63) is 48.7 Å². The first kappa shape index (κ1) is 16.5. The van der Waals surface area contributed by atoms with E-state index in [1.165, 1.54) is 6.21 Å². The number of hydrogen-bond donors (Lipinski definition) is 1. The van der Waals surface area contributed by atoms with Crippen LogP contribution in [0.5, 0.6) is 5.75 Å². The number of aliphatic imine (C=N–C) groups is 1. The highest BCUT2D eigenvalue weighted by molar-refractivity contribution is 9.13. The molecule has 0 saturated carbocycles. The summed E-state index contributed by atoms with van der Waals surface area (Å²) in [5, 5.41) is 9.92. The number of aryl methyl sites for hydroxylation is 1. The molecule has 0 radical (unpaired) electrons. The second-order valence-corrected chi connectivity index (χ2v) is 6.78. The lowest BCUT2D eigenvalue weighted by Gasteiger charge is -2.03. The molecule has 0 aliphatic heterocycles. The molecule has 0 saturated heterocycles. The summed E-state index contributed by atoms with van der Waals surface area (Å²) in [5.41, 5.74) is 1.28. The molecule has 0 fully saturated rings. The number of furan rings is 1. The fourth-order valence-electron chi connectivity index (χ4n) is 1.65. The van der Waals surface area contributed by atoms with Crippen LogP contribution in [0.1, 0.15) is 21.7 Å². The topological polar surface area (TPSA) is 62.8 Å². The summed E-state index contributed by atoms with van der Waals surface area (Å²) in [6.07, 6.45) is 1.47. The number of rotatable bonds is 4. The van der Waals surface area contributed by atoms with Crippen molar-refractivity contribution in [1.29, 1.82) is 0 Å². The number of hydrogen-bond acceptors (Lipinski definition) is 4. The summed E-state index contributed by atoms with van der Waals surface area (Å²) in [6.45, 7) is 1.73. The summed E-state index contributed by atoms with van der Waals surface area (Å²) in [4.78, 5) is 16.0. The second-order valence-electron chi connectivity index (χ2n) is 4.29. The molecule has 0 bridgehead atoms. The van der Waals surface area contributed by atoms with Gasteiger partial charge in [0, 0.05) is 22.3 Å². The van der Waals surface area contributed by atoms with Gasteiger partial charge in [0.2, 0.25) is 5.78 Å². The number of carbonyl (C=O) groups excluding carboxylic acids is 1. The van der Waals surface area contributed by atoms with Crippen LogP contribution < -0.4 is 0 Å². The van der Waals surface area contributed by atoms with Gasteiger partial charge in [-0.2, -0.15) is 0 Å². The predicted octanol–water partition coefficient (Wildman–Crippen LogP) is 4.88. The lowest BCUT2D eigenvalue weighted by molar-refractivity contribution is 0.0974. The molecule has 0 amide bonds. The van der Waals surface area contributed by atoms with Gasteiger partial charge in [-0.05, 0) is 56.5 Å². The van der Waals surface area contributed by atoms with Gasteiger partial charge in [-0.15, -0.1) is 0 Å². The van der Waals surface area contributed by atoms with Gasteiger partial charge in [-0.25, -0.2) is 0 Å². The first-order valence-corrected chi connectivity index (χ1v) is 8.23. The standard InChI is InChI=1S/C14H10Br3NO3/c1-7-2-9(15)3-8(13(7)20)5-18-6-11(19)12-4-10(16)14(17)21-12/h2-5,20H,6H2,1H3. The number of aromatic hydroxyl groups is 1. The van der Waals surface area contributed by atoms with Gasteiger partial charge in [0.1, 0.15) is 12.3 Å². The van der Waals surface area contributed by atoms with Crippen LogP contribution in [0, 0.1) is 6.92 Å². The maximum atomic E-state index is 11.9. The van der Waals surface area contributed by atoms with Gasteiger partial charge in [-0.3, -0.25) is 9.79 Å². The maximum absolute atomic E-state index is 11.9. The molecule has 2 aromatic rings. The van der Waals surface area contributed by atoms with Crippen LogP contribution in [0.3, 0.4) is 0 Å². The zero-order valence-electron chi connectivity index (χ0n) is 10.9. The van der Waals surface area contributed by atoms with E-state index in [4.69, 9.17) is 4.42 Å². The molecule has 1 N–H and O–H groups in total. The Labute approximate surface area is 146 Å². The highest BCUT2D eigenvalue weighted by atomic mass is 79.9. The molecule has 1 heterocycles. The van der Waals surface area contributed by atoms with Gasteiger partial charge < -0.3 is 9.52 Å². The van der Waals surface area contributed by atoms with Crippen LogP contribution in [0.2, 0.25) is 0 Å². The van der Waals surface area contributed by atoms with Crippen molar-refractivity contribution in [3.63, 3.8) is 0 Å². The summed E-state index contributed by atoms with van der Waals surface area (Å²) in [5.74, 6) is 0.127. The monoisotopic (exact) mass is 477 g/mol. The van der Waals surface area contributed by atoms with Crippen LogP contribution in [0.4, 0.5) is 0 Å². The summed E-state index contributed by atoms with van der Waals surface area (Å²) >= 11 is 9.77. The van der Waals surface area contributed by atoms with Crippen LogP contribution in [-0.4, -0.2) is 23.6 Å². The third kappa shape index (κ3) is 4.05. The molecule has 21 heavy (non-hydrogen) atoms. The predicted molar refractivity (Wildman–Crippen MR) is 91.4 cm³/mol. The number of halogens is 3. The van der Waals surface area contributed by atoms with Gasteiger partial charge in [0.05, 0.1) is 4.47 Å². The third-order valence-electron chi connectivity index (χ3n) is 2.68. The number of nitrogens with zero attached hydrogens (tertiary/aromatic N) is 1. The molecule has 0 unspecified atom stereocenters. The van der Waals surface area contributed by atoms with Gasteiger partial charge >= 0.3 is 0 Å². The average Bonchev–Trinajstić information content (AvgIpc) is 2.75. The van der Waals surface area contributed by atoms with E-state index in [1.807, 2.05) is 0 Å². The maximum Gasteiger partial charge on any atom is 0.219 e. The van der Waals surface area contributed by atoms with E-state index >= 15 is 0 Å². The van der Waals surface area contributed by atoms with E-state index in [2.05, 4.69) is 52.8 Å². The van der Waals surface area contributed by atoms with Crippen molar-refractivity contribution in [2.75, 3.05) is 6.54 Å². The molecule has 1 aromatic carbocycles. The Kier molecular flexibility index (Phi) is 5.40. The molecule has 0 aliphatic carbocycles. The molecule has 4 nitrogen and oxygen atoms in total. The number of Topliss-reactive ketones (excluding diaryl/α,β-unsaturated/α-hetero) is 1. The van der Waals surface area contributed by atoms with Gasteiger partial charge in [-0.1, -0.05) is 15.9 Å². The van der Waals surface area contributed by atoms with Crippen molar-refractivity contribution in [1.82, 2.24) is 0 Å². The second kappa shape index (κ2) is 6.89. The molecule has 7 heteroatoms. The Morgan fingerprint density at radius 2 is 2.05 bits per heavy atom. The van der Waals surface area contributed by atoms with Crippen LogP contribution >= 0.6 is 47.8 Å². The number of phenols is 1. The first-order valence-electron chi connectivity index (χ1n) is 5.85. The highest BCUT2D eigenvalue weighted by Crippen LogP contribution is 2.27. The molecule has 0 aliphatic rings. The Bertz CT molecular complexity index is 703. The van der Waals surface area contributed by atoms with E-state index in [0.29, 0.717) is 14.7 Å². The van der Waals surface area contributed by atoms with Crippen LogP contribution in [0.25, 0.3) is 0 Å². The molecule has 0 spiro atoms. The lowest BCUT2D eigenvalue weighted by Crippen LogP contribution is -2.02. The van der Waals surface area contributed by atoms with Crippen LogP contribution in [0.15, 0.2) is 41.2 Å². The molecular formula is C14H10Br3NO3. The van der Waals surface area contributed by atoms with Crippen molar-refractivity contribution in [3.8, 4) is 5.75 Å². The molecule has 2 rings (SSSR count). The quantitative estimate of drug-likeness (QED) is 0.502. The van der Waals surface area contributed by atoms with E-state index in [1.54, 1.807) is 25.1 Å². The Balaban J connectivity index is 2.11. The van der Waals surface area contributed by atoms with E-state index in [-0.39, 0.29) is 23.8 Å². The molecule has 0 atom stereocenters. The minimum absolute atomic E-state index is 0.0581. The molecular weight excluding hydrogens is 470 g/mol. The normalized spacial score (nSPS) is 11.2. The minimum Gasteiger partial charge on any atom is -0.507 e. The number of ketones is 1. The summed E-state index contributed by atoms with van der Waals surface area (Å²) in [6, 6.07) is 5.12. The van der Waals surface area contributed by atoms with E-state index in [9.17, 15) is 9.90 Å². The average molecular weight is 480 g/mol. The van der Waals surface area contributed by atoms with E-state index < -0.39 is 0 Å². The Hall–Kier alpha value is -0.920. The van der Waals surface area contributed by atoms with E-state index in [0.717, 1.165) is 10.0 Å². The molecule has 110 valence electrons. The summed E-state index contributed by atoms with van der Waals surface area (Å²) < 4.78 is 7.21. The smallest absolute Gasteiger partial charge is 0.219 e. The largest absolute Gasteiger partial charge is 0.507 e. The van der Waals surface area contributed by atoms with Crippen molar-refractivity contribution >= 4 is 59.8 Å². The van der Waals surface area contributed by atoms with Crippen molar-refractivity contribution in [2.45, 2.75) is 6.92 Å². The zero-order valence-corrected chi connectivity index (χ0v) is 15.6.